The molecule has 82 valence electrons. The summed E-state index contributed by atoms with van der Waals surface area (Å²) in [6.07, 6.45) is 1.13. The predicted molar refractivity (Wildman–Crippen MR) is 73.6 cm³/mol. The molecule has 0 saturated carbocycles. The first-order valence-electron chi connectivity index (χ1n) is 6.11. The summed E-state index contributed by atoms with van der Waals surface area (Å²) in [5, 5.41) is 8.99. The lowest BCUT2D eigenvalue weighted by molar-refractivity contribution is 1.01. The third-order valence-electron chi connectivity index (χ3n) is 3.68. The largest absolute Gasteiger partial charge is 0.384 e. The number of hydrogen-bond acceptors (Lipinski definition) is 1. The maximum atomic E-state index is 3.52. The second kappa shape index (κ2) is 3.24. The average molecular weight is 219 g/mol. The molecule has 0 amide bonds. The Morgan fingerprint density at radius 2 is 1.76 bits per heavy atom. The van der Waals surface area contributed by atoms with Gasteiger partial charge in [-0.25, -0.2) is 0 Å². The molecule has 1 heteroatoms. The fourth-order valence-electron chi connectivity index (χ4n) is 2.92. The zero-order valence-corrected chi connectivity index (χ0v) is 9.53. The Bertz CT molecular complexity index is 728. The normalized spacial score (nSPS) is 13.9. The first-order valence-corrected chi connectivity index (χ1v) is 6.11. The summed E-state index contributed by atoms with van der Waals surface area (Å²) in [5.74, 6) is 0. The summed E-state index contributed by atoms with van der Waals surface area (Å²) < 4.78 is 0. The van der Waals surface area contributed by atoms with Crippen molar-refractivity contribution in [3.8, 4) is 0 Å². The van der Waals surface area contributed by atoms with Crippen LogP contribution in [-0.4, -0.2) is 6.54 Å². The minimum Gasteiger partial charge on any atom is -0.384 e. The molecule has 1 nitrogen and oxygen atoms in total. The van der Waals surface area contributed by atoms with Crippen LogP contribution in [0, 0.1) is 0 Å². The van der Waals surface area contributed by atoms with Crippen LogP contribution >= 0.6 is 0 Å². The molecule has 0 aromatic heterocycles. The molecule has 4 rings (SSSR count). The highest BCUT2D eigenvalue weighted by Crippen LogP contribution is 2.36. The van der Waals surface area contributed by atoms with Crippen molar-refractivity contribution in [3.63, 3.8) is 0 Å². The minimum absolute atomic E-state index is 1.05. The lowest BCUT2D eigenvalue weighted by Gasteiger charge is -2.20. The number of rotatable bonds is 0. The molecule has 0 unspecified atom stereocenters. The Hall–Kier alpha value is -2.02. The van der Waals surface area contributed by atoms with E-state index in [0.717, 1.165) is 13.0 Å². The zero-order chi connectivity index (χ0) is 11.2. The van der Waals surface area contributed by atoms with E-state index >= 15 is 0 Å². The maximum Gasteiger partial charge on any atom is 0.0429 e. The van der Waals surface area contributed by atoms with Crippen molar-refractivity contribution in [2.45, 2.75) is 6.42 Å². The molecule has 3 aromatic rings. The van der Waals surface area contributed by atoms with Gasteiger partial charge in [-0.15, -0.1) is 0 Å². The SMILES string of the molecule is c1ccc2c(c1)cc1c3c(cccc32)CCN1. The van der Waals surface area contributed by atoms with E-state index in [2.05, 4.69) is 53.8 Å². The van der Waals surface area contributed by atoms with Crippen LogP contribution in [0.3, 0.4) is 0 Å². The second-order valence-electron chi connectivity index (χ2n) is 4.66. The van der Waals surface area contributed by atoms with Crippen LogP contribution in [0.5, 0.6) is 0 Å². The highest BCUT2D eigenvalue weighted by Gasteiger charge is 2.13. The molecule has 0 radical (unpaired) electrons. The maximum absolute atomic E-state index is 3.52. The van der Waals surface area contributed by atoms with Gasteiger partial charge >= 0.3 is 0 Å². The van der Waals surface area contributed by atoms with Gasteiger partial charge in [0.2, 0.25) is 0 Å². The third kappa shape index (κ3) is 1.19. The molecule has 1 aliphatic heterocycles. The van der Waals surface area contributed by atoms with Crippen molar-refractivity contribution < 1.29 is 0 Å². The topological polar surface area (TPSA) is 12.0 Å². The van der Waals surface area contributed by atoms with Crippen molar-refractivity contribution in [3.05, 3.63) is 54.1 Å². The minimum atomic E-state index is 1.05. The van der Waals surface area contributed by atoms with Gasteiger partial charge in [-0.2, -0.15) is 0 Å². The van der Waals surface area contributed by atoms with E-state index in [1.165, 1.54) is 32.8 Å². The number of hydrogen-bond donors (Lipinski definition) is 1. The molecular weight excluding hydrogens is 206 g/mol. The second-order valence-corrected chi connectivity index (χ2v) is 4.66. The van der Waals surface area contributed by atoms with Crippen LogP contribution in [-0.2, 0) is 6.42 Å². The van der Waals surface area contributed by atoms with Gasteiger partial charge in [-0.05, 0) is 34.2 Å². The van der Waals surface area contributed by atoms with Gasteiger partial charge in [-0.1, -0.05) is 42.5 Å². The number of benzene rings is 3. The molecule has 0 spiro atoms. The fraction of sp³-hybridized carbons (Fsp3) is 0.125. The summed E-state index contributed by atoms with van der Waals surface area (Å²) in [6.45, 7) is 1.05. The van der Waals surface area contributed by atoms with Crippen molar-refractivity contribution >= 4 is 27.2 Å². The van der Waals surface area contributed by atoms with Crippen LogP contribution < -0.4 is 5.32 Å². The molecular formula is C16H13N. The smallest absolute Gasteiger partial charge is 0.0429 e. The molecule has 0 fully saturated rings. The highest BCUT2D eigenvalue weighted by molar-refractivity contribution is 6.14. The van der Waals surface area contributed by atoms with Gasteiger partial charge in [0, 0.05) is 17.6 Å². The fourth-order valence-corrected chi connectivity index (χ4v) is 2.92. The lowest BCUT2D eigenvalue weighted by Crippen LogP contribution is -2.11. The quantitative estimate of drug-likeness (QED) is 0.564. The monoisotopic (exact) mass is 219 g/mol. The molecule has 0 atom stereocenters. The Labute approximate surface area is 100 Å². The molecule has 1 N–H and O–H groups in total. The first-order chi connectivity index (χ1) is 8.43. The molecule has 1 aliphatic rings. The average Bonchev–Trinajstić information content (AvgIpc) is 2.39. The van der Waals surface area contributed by atoms with Crippen LogP contribution in [0.1, 0.15) is 5.56 Å². The number of fused-ring (bicyclic) bond motifs is 2. The highest BCUT2D eigenvalue weighted by atomic mass is 14.9. The van der Waals surface area contributed by atoms with Crippen molar-refractivity contribution in [2.75, 3.05) is 11.9 Å². The van der Waals surface area contributed by atoms with Gasteiger partial charge < -0.3 is 5.32 Å². The Morgan fingerprint density at radius 1 is 0.882 bits per heavy atom. The standard InChI is InChI=1S/C16H13N/c1-2-6-13-12(4-1)10-15-16-11(8-9-17-15)5-3-7-14(13)16/h1-7,10,17H,8-9H2. The zero-order valence-electron chi connectivity index (χ0n) is 9.53. The van der Waals surface area contributed by atoms with E-state index in [1.54, 1.807) is 0 Å². The van der Waals surface area contributed by atoms with E-state index in [9.17, 15) is 0 Å². The lowest BCUT2D eigenvalue weighted by atomic mass is 9.93. The molecule has 1 heterocycles. The summed E-state index contributed by atoms with van der Waals surface area (Å²) >= 11 is 0. The Balaban J connectivity index is 2.30. The molecule has 0 bridgehead atoms. The van der Waals surface area contributed by atoms with Gasteiger partial charge in [0.1, 0.15) is 0 Å². The van der Waals surface area contributed by atoms with Crippen LogP contribution in [0.25, 0.3) is 21.5 Å². The van der Waals surface area contributed by atoms with E-state index in [-0.39, 0.29) is 0 Å². The first kappa shape index (κ1) is 9.06. The third-order valence-corrected chi connectivity index (χ3v) is 3.68. The van der Waals surface area contributed by atoms with Crippen molar-refractivity contribution in [1.29, 1.82) is 0 Å². The van der Waals surface area contributed by atoms with Gasteiger partial charge in [0.05, 0.1) is 0 Å². The van der Waals surface area contributed by atoms with E-state index in [0.29, 0.717) is 0 Å². The summed E-state index contributed by atoms with van der Waals surface area (Å²) in [7, 11) is 0. The van der Waals surface area contributed by atoms with Crippen LogP contribution in [0.4, 0.5) is 5.69 Å². The van der Waals surface area contributed by atoms with E-state index < -0.39 is 0 Å². The summed E-state index contributed by atoms with van der Waals surface area (Å²) in [4.78, 5) is 0. The predicted octanol–water partition coefficient (Wildman–Crippen LogP) is 3.96. The molecule has 0 saturated heterocycles. The Morgan fingerprint density at radius 3 is 2.76 bits per heavy atom. The van der Waals surface area contributed by atoms with Crippen LogP contribution in [0.15, 0.2) is 48.5 Å². The number of nitrogens with one attached hydrogen (secondary N) is 1. The molecule has 17 heavy (non-hydrogen) atoms. The number of anilines is 1. The van der Waals surface area contributed by atoms with Crippen molar-refractivity contribution in [1.82, 2.24) is 0 Å². The molecule has 0 aliphatic carbocycles. The van der Waals surface area contributed by atoms with Gasteiger partial charge in [0.15, 0.2) is 0 Å². The van der Waals surface area contributed by atoms with Crippen molar-refractivity contribution in [2.24, 2.45) is 0 Å². The van der Waals surface area contributed by atoms with Crippen LogP contribution in [0.2, 0.25) is 0 Å². The van der Waals surface area contributed by atoms with Gasteiger partial charge in [-0.3, -0.25) is 0 Å². The van der Waals surface area contributed by atoms with E-state index in [1.807, 2.05) is 0 Å². The summed E-state index contributed by atoms with van der Waals surface area (Å²) in [6, 6.07) is 17.6. The molecule has 3 aromatic carbocycles. The van der Waals surface area contributed by atoms with E-state index in [4.69, 9.17) is 0 Å². The Kier molecular flexibility index (Phi) is 1.72. The summed E-state index contributed by atoms with van der Waals surface area (Å²) in [5.41, 5.74) is 2.77. The van der Waals surface area contributed by atoms with Gasteiger partial charge in [0.25, 0.3) is 0 Å².